The minimum atomic E-state index is -4.33. The Kier molecular flexibility index (Phi) is 5.07. The highest BCUT2D eigenvalue weighted by atomic mass is 32.2. The van der Waals surface area contributed by atoms with Crippen LogP contribution >= 0.6 is 0 Å². The zero-order chi connectivity index (χ0) is 18.9. The third-order valence-electron chi connectivity index (χ3n) is 4.18. The van der Waals surface area contributed by atoms with E-state index in [4.69, 9.17) is 0 Å². The number of halogens is 3. The zero-order valence-corrected chi connectivity index (χ0v) is 14.9. The Bertz CT molecular complexity index is 876. The van der Waals surface area contributed by atoms with E-state index in [1.165, 1.54) is 24.3 Å². The monoisotopic (exact) mass is 388 g/mol. The number of hydrogen-bond donors (Lipinski definition) is 1. The van der Waals surface area contributed by atoms with E-state index >= 15 is 0 Å². The van der Waals surface area contributed by atoms with Crippen molar-refractivity contribution >= 4 is 10.0 Å². The van der Waals surface area contributed by atoms with Crippen molar-refractivity contribution in [1.82, 2.24) is 19.5 Å². The first-order valence-corrected chi connectivity index (χ1v) is 9.75. The maximum atomic E-state index is 12.5. The van der Waals surface area contributed by atoms with Gasteiger partial charge in [0.25, 0.3) is 0 Å². The van der Waals surface area contributed by atoms with Crippen molar-refractivity contribution in [3.63, 3.8) is 0 Å². The van der Waals surface area contributed by atoms with E-state index in [-0.39, 0.29) is 16.5 Å². The number of rotatable bonds is 5. The number of nitrogens with zero attached hydrogens (tertiary/aromatic N) is 3. The highest BCUT2D eigenvalue weighted by Gasteiger charge is 2.29. The molecule has 6 nitrogen and oxygen atoms in total. The summed E-state index contributed by atoms with van der Waals surface area (Å²) in [6.07, 6.45) is -3.50. The molecule has 2 heterocycles. The molecule has 3 rings (SSSR count). The molecular weight excluding hydrogens is 369 g/mol. The number of sulfonamides is 1. The van der Waals surface area contributed by atoms with Gasteiger partial charge < -0.3 is 0 Å². The first-order chi connectivity index (χ1) is 12.2. The first-order valence-electron chi connectivity index (χ1n) is 8.27. The van der Waals surface area contributed by atoms with Crippen molar-refractivity contribution in [2.45, 2.75) is 56.3 Å². The Balaban J connectivity index is 1.69. The fraction of sp³-hybridized carbons (Fsp3) is 0.500. The van der Waals surface area contributed by atoms with Gasteiger partial charge >= 0.3 is 6.18 Å². The van der Waals surface area contributed by atoms with Crippen LogP contribution in [0.1, 0.15) is 30.6 Å². The molecule has 26 heavy (non-hydrogen) atoms. The van der Waals surface area contributed by atoms with Crippen LogP contribution in [-0.4, -0.2) is 35.4 Å². The van der Waals surface area contributed by atoms with E-state index in [0.29, 0.717) is 25.8 Å². The summed E-state index contributed by atoms with van der Waals surface area (Å²) in [5, 5.41) is 4.33. The molecule has 1 N–H and O–H groups in total. The second-order valence-electron chi connectivity index (χ2n) is 6.27. The number of benzene rings is 1. The maximum Gasteiger partial charge on any atom is 0.393 e. The summed E-state index contributed by atoms with van der Waals surface area (Å²) in [6, 6.07) is 4.43. The molecule has 0 saturated carbocycles. The SMILES string of the molecule is CCc1nc2n(n1)C[C@@H](NS(=O)(=O)c1ccc(CC(F)(F)F)cc1)CC2. The predicted molar refractivity (Wildman–Crippen MR) is 88.0 cm³/mol. The lowest BCUT2D eigenvalue weighted by atomic mass is 10.1. The molecule has 1 aromatic carbocycles. The van der Waals surface area contributed by atoms with Gasteiger partial charge in [0, 0.05) is 18.9 Å². The average Bonchev–Trinajstić information content (AvgIpc) is 2.96. The van der Waals surface area contributed by atoms with Gasteiger partial charge in [-0.1, -0.05) is 19.1 Å². The van der Waals surface area contributed by atoms with Gasteiger partial charge in [0.15, 0.2) is 5.82 Å². The number of fused-ring (bicyclic) bond motifs is 1. The number of nitrogens with one attached hydrogen (secondary N) is 1. The normalized spacial score (nSPS) is 17.9. The Hall–Kier alpha value is -1.94. The highest BCUT2D eigenvalue weighted by molar-refractivity contribution is 7.89. The van der Waals surface area contributed by atoms with E-state index in [1.54, 1.807) is 4.68 Å². The largest absolute Gasteiger partial charge is 0.393 e. The maximum absolute atomic E-state index is 12.5. The molecule has 142 valence electrons. The van der Waals surface area contributed by atoms with Crippen molar-refractivity contribution in [2.75, 3.05) is 0 Å². The summed E-state index contributed by atoms with van der Waals surface area (Å²) in [7, 11) is -3.81. The molecule has 0 bridgehead atoms. The van der Waals surface area contributed by atoms with Gasteiger partial charge in [-0.3, -0.25) is 0 Å². The van der Waals surface area contributed by atoms with Gasteiger partial charge in [0.2, 0.25) is 10.0 Å². The number of aryl methyl sites for hydroxylation is 2. The standard InChI is InChI=1S/C16H19F3N4O2S/c1-2-14-20-15-8-5-12(10-23(15)21-14)22-26(24,25)13-6-3-11(4-7-13)9-16(17,18)19/h3-4,6-7,12,22H,2,5,8-10H2,1H3/t12-/m0/s1. The van der Waals surface area contributed by atoms with Gasteiger partial charge in [-0.15, -0.1) is 0 Å². The Labute approximate surface area is 149 Å². The van der Waals surface area contributed by atoms with Crippen LogP contribution in [0.4, 0.5) is 13.2 Å². The Morgan fingerprint density at radius 2 is 1.96 bits per heavy atom. The molecule has 0 saturated heterocycles. The van der Waals surface area contributed by atoms with Gasteiger partial charge in [-0.25, -0.2) is 22.8 Å². The second-order valence-corrected chi connectivity index (χ2v) is 7.99. The van der Waals surface area contributed by atoms with Crippen molar-refractivity contribution in [1.29, 1.82) is 0 Å². The molecule has 2 aromatic rings. The lowest BCUT2D eigenvalue weighted by Gasteiger charge is -2.23. The van der Waals surface area contributed by atoms with Crippen molar-refractivity contribution in [3.05, 3.63) is 41.5 Å². The molecule has 1 aliphatic rings. The summed E-state index contributed by atoms with van der Waals surface area (Å²) >= 11 is 0. The Morgan fingerprint density at radius 1 is 1.27 bits per heavy atom. The molecule has 10 heteroatoms. The number of hydrogen-bond acceptors (Lipinski definition) is 4. The fourth-order valence-corrected chi connectivity index (χ4v) is 4.17. The third-order valence-corrected chi connectivity index (χ3v) is 5.71. The van der Waals surface area contributed by atoms with Crippen molar-refractivity contribution < 1.29 is 21.6 Å². The quantitative estimate of drug-likeness (QED) is 0.852. The van der Waals surface area contributed by atoms with Crippen LogP contribution < -0.4 is 4.72 Å². The van der Waals surface area contributed by atoms with E-state index in [1.807, 2.05) is 6.92 Å². The number of aromatic nitrogens is 3. The summed E-state index contributed by atoms with van der Waals surface area (Å²) in [5.41, 5.74) is 0.0217. The van der Waals surface area contributed by atoms with E-state index in [9.17, 15) is 21.6 Å². The zero-order valence-electron chi connectivity index (χ0n) is 14.1. The topological polar surface area (TPSA) is 76.9 Å². The van der Waals surface area contributed by atoms with E-state index in [2.05, 4.69) is 14.8 Å². The molecule has 0 aliphatic carbocycles. The molecule has 1 aromatic heterocycles. The molecule has 0 spiro atoms. The molecule has 1 aliphatic heterocycles. The van der Waals surface area contributed by atoms with Gasteiger partial charge in [0.05, 0.1) is 17.9 Å². The molecule has 0 fully saturated rings. The van der Waals surface area contributed by atoms with Crippen LogP contribution in [-0.2, 0) is 35.8 Å². The fourth-order valence-electron chi connectivity index (χ4n) is 2.91. The van der Waals surface area contributed by atoms with Crippen LogP contribution in [0.3, 0.4) is 0 Å². The minimum Gasteiger partial charge on any atom is -0.248 e. The Morgan fingerprint density at radius 3 is 2.58 bits per heavy atom. The molecule has 0 radical (unpaired) electrons. The lowest BCUT2D eigenvalue weighted by Crippen LogP contribution is -2.41. The summed E-state index contributed by atoms with van der Waals surface area (Å²) in [5.74, 6) is 1.57. The first kappa shape index (κ1) is 18.8. The van der Waals surface area contributed by atoms with Gasteiger partial charge in [-0.05, 0) is 24.1 Å². The molecule has 0 amide bonds. The number of alkyl halides is 3. The molecular formula is C16H19F3N4O2S. The predicted octanol–water partition coefficient (Wildman–Crippen LogP) is 2.24. The molecule has 1 atom stereocenters. The van der Waals surface area contributed by atoms with Crippen LogP contribution in [0.2, 0.25) is 0 Å². The second kappa shape index (κ2) is 6.99. The molecule has 0 unspecified atom stereocenters. The van der Waals surface area contributed by atoms with Crippen molar-refractivity contribution in [2.24, 2.45) is 0 Å². The van der Waals surface area contributed by atoms with E-state index < -0.39 is 22.6 Å². The minimum absolute atomic E-state index is 0.0217. The average molecular weight is 388 g/mol. The van der Waals surface area contributed by atoms with Crippen LogP contribution in [0.5, 0.6) is 0 Å². The summed E-state index contributed by atoms with van der Waals surface area (Å²) in [6.45, 7) is 2.33. The smallest absolute Gasteiger partial charge is 0.248 e. The van der Waals surface area contributed by atoms with Crippen LogP contribution in [0, 0.1) is 0 Å². The van der Waals surface area contributed by atoms with Crippen molar-refractivity contribution in [3.8, 4) is 0 Å². The highest BCUT2D eigenvalue weighted by Crippen LogP contribution is 2.22. The van der Waals surface area contributed by atoms with E-state index in [0.717, 1.165) is 11.6 Å². The van der Waals surface area contributed by atoms with Crippen LogP contribution in [0.15, 0.2) is 29.2 Å². The summed E-state index contributed by atoms with van der Waals surface area (Å²) < 4.78 is 66.5. The van der Waals surface area contributed by atoms with Gasteiger partial charge in [-0.2, -0.15) is 18.3 Å². The lowest BCUT2D eigenvalue weighted by molar-refractivity contribution is -0.127. The van der Waals surface area contributed by atoms with Crippen LogP contribution in [0.25, 0.3) is 0 Å². The van der Waals surface area contributed by atoms with Gasteiger partial charge in [0.1, 0.15) is 5.82 Å². The summed E-state index contributed by atoms with van der Waals surface area (Å²) in [4.78, 5) is 4.33. The third kappa shape index (κ3) is 4.42.